The predicted octanol–water partition coefficient (Wildman–Crippen LogP) is 2.59. The number of hydrogen-bond donors (Lipinski definition) is 2. The molecule has 22 heavy (non-hydrogen) atoms. The van der Waals surface area contributed by atoms with Gasteiger partial charge in [-0.2, -0.15) is 0 Å². The van der Waals surface area contributed by atoms with Gasteiger partial charge in [-0.3, -0.25) is 9.59 Å². The molecule has 2 unspecified atom stereocenters. The molecule has 114 valence electrons. The molecule has 5 nitrogen and oxygen atoms in total. The van der Waals surface area contributed by atoms with E-state index in [1.807, 2.05) is 31.2 Å². The predicted molar refractivity (Wildman–Crippen MR) is 85.6 cm³/mol. The van der Waals surface area contributed by atoms with Gasteiger partial charge in [-0.15, -0.1) is 0 Å². The molecule has 0 aliphatic heterocycles. The van der Waals surface area contributed by atoms with Crippen molar-refractivity contribution < 1.29 is 4.79 Å². The maximum absolute atomic E-state index is 12.0. The minimum Gasteiger partial charge on any atom is -0.326 e. The third-order valence-electron chi connectivity index (χ3n) is 4.01. The molecule has 1 amide bonds. The molecule has 1 aromatic carbocycles. The van der Waals surface area contributed by atoms with Crippen LogP contribution in [0.3, 0.4) is 0 Å². The largest absolute Gasteiger partial charge is 0.326 e. The number of amides is 1. The van der Waals surface area contributed by atoms with Crippen LogP contribution in [-0.4, -0.2) is 15.9 Å². The first-order valence-electron chi connectivity index (χ1n) is 7.58. The highest BCUT2D eigenvalue weighted by molar-refractivity contribution is 5.94. The first-order chi connectivity index (χ1) is 10.6. The molecule has 0 bridgehead atoms. The molecule has 2 N–H and O–H groups in total. The third kappa shape index (κ3) is 3.08. The van der Waals surface area contributed by atoms with Gasteiger partial charge < -0.3 is 10.3 Å². The number of nitrogens with zero attached hydrogens (tertiary/aromatic N) is 1. The molecule has 1 aliphatic carbocycles. The third-order valence-corrected chi connectivity index (χ3v) is 4.01. The first-order valence-corrected chi connectivity index (χ1v) is 7.58. The van der Waals surface area contributed by atoms with Gasteiger partial charge in [0.15, 0.2) is 0 Å². The second kappa shape index (κ2) is 5.75. The van der Waals surface area contributed by atoms with Crippen LogP contribution in [0.5, 0.6) is 0 Å². The van der Waals surface area contributed by atoms with Crippen molar-refractivity contribution in [3.05, 3.63) is 46.4 Å². The van der Waals surface area contributed by atoms with E-state index in [-0.39, 0.29) is 17.4 Å². The maximum atomic E-state index is 12.0. The molecule has 1 heterocycles. The Bertz CT molecular complexity index is 766. The molecule has 1 aliphatic rings. The second-order valence-electron chi connectivity index (χ2n) is 5.83. The highest BCUT2D eigenvalue weighted by Gasteiger charge is 2.39. The molecular formula is C17H19N3O2. The van der Waals surface area contributed by atoms with Gasteiger partial charge in [0.2, 0.25) is 5.91 Å². The van der Waals surface area contributed by atoms with E-state index in [9.17, 15) is 9.59 Å². The number of aromatic amines is 1. The van der Waals surface area contributed by atoms with E-state index in [1.54, 1.807) is 0 Å². The van der Waals surface area contributed by atoms with Gasteiger partial charge >= 0.3 is 0 Å². The Morgan fingerprint density at radius 3 is 2.86 bits per heavy atom. The molecule has 1 aromatic heterocycles. The number of H-pyrrole nitrogens is 1. The lowest BCUT2D eigenvalue weighted by atomic mass is 10.1. The fourth-order valence-electron chi connectivity index (χ4n) is 2.49. The van der Waals surface area contributed by atoms with Crippen LogP contribution in [0.15, 0.2) is 35.1 Å². The van der Waals surface area contributed by atoms with Crippen LogP contribution >= 0.6 is 0 Å². The van der Waals surface area contributed by atoms with Crippen molar-refractivity contribution in [2.24, 2.45) is 11.8 Å². The van der Waals surface area contributed by atoms with Crippen LogP contribution in [0.2, 0.25) is 0 Å². The zero-order chi connectivity index (χ0) is 15.7. The topological polar surface area (TPSA) is 74.8 Å². The quantitative estimate of drug-likeness (QED) is 0.911. The fourth-order valence-corrected chi connectivity index (χ4v) is 2.49. The Hall–Kier alpha value is -2.43. The minimum absolute atomic E-state index is 0.0633. The average molecular weight is 297 g/mol. The first kappa shape index (κ1) is 14.5. The molecule has 2 aromatic rings. The van der Waals surface area contributed by atoms with Gasteiger partial charge in [-0.05, 0) is 30.9 Å². The van der Waals surface area contributed by atoms with Crippen molar-refractivity contribution in [3.8, 4) is 11.4 Å². The summed E-state index contributed by atoms with van der Waals surface area (Å²) in [5.74, 6) is 1.20. The average Bonchev–Trinajstić information content (AvgIpc) is 3.24. The lowest BCUT2D eigenvalue weighted by molar-refractivity contribution is -0.117. The molecule has 0 radical (unpaired) electrons. The Kier molecular flexibility index (Phi) is 3.79. The van der Waals surface area contributed by atoms with Crippen LogP contribution in [0.1, 0.15) is 26.0 Å². The van der Waals surface area contributed by atoms with Crippen LogP contribution in [-0.2, 0) is 11.2 Å². The van der Waals surface area contributed by atoms with E-state index in [0.29, 0.717) is 18.2 Å². The van der Waals surface area contributed by atoms with Crippen LogP contribution in [0, 0.1) is 11.8 Å². The van der Waals surface area contributed by atoms with Gasteiger partial charge in [-0.25, -0.2) is 4.98 Å². The van der Waals surface area contributed by atoms with Gasteiger partial charge in [0, 0.05) is 28.9 Å². The van der Waals surface area contributed by atoms with Gasteiger partial charge in [0.25, 0.3) is 5.56 Å². The smallest absolute Gasteiger partial charge is 0.251 e. The second-order valence-corrected chi connectivity index (χ2v) is 5.83. The Labute approximate surface area is 128 Å². The number of benzene rings is 1. The highest BCUT2D eigenvalue weighted by atomic mass is 16.2. The van der Waals surface area contributed by atoms with Gasteiger partial charge in [0.05, 0.1) is 0 Å². The van der Waals surface area contributed by atoms with E-state index < -0.39 is 0 Å². The Morgan fingerprint density at radius 2 is 2.18 bits per heavy atom. The molecule has 0 saturated heterocycles. The monoisotopic (exact) mass is 297 g/mol. The highest BCUT2D eigenvalue weighted by Crippen LogP contribution is 2.38. The van der Waals surface area contributed by atoms with Crippen molar-refractivity contribution >= 4 is 11.6 Å². The summed E-state index contributed by atoms with van der Waals surface area (Å²) >= 11 is 0. The summed E-state index contributed by atoms with van der Waals surface area (Å²) < 4.78 is 0. The molecule has 2 atom stereocenters. The molecule has 0 spiro atoms. The number of carbonyl (C=O) groups excluding carboxylic acids is 1. The zero-order valence-electron chi connectivity index (χ0n) is 12.7. The number of hydrogen-bond acceptors (Lipinski definition) is 3. The van der Waals surface area contributed by atoms with E-state index in [1.165, 1.54) is 6.07 Å². The van der Waals surface area contributed by atoms with Crippen LogP contribution < -0.4 is 10.9 Å². The number of aromatic nitrogens is 2. The fraction of sp³-hybridized carbons (Fsp3) is 0.353. The van der Waals surface area contributed by atoms with E-state index in [0.717, 1.165) is 23.4 Å². The summed E-state index contributed by atoms with van der Waals surface area (Å²) in [6, 6.07) is 8.90. The van der Waals surface area contributed by atoms with Crippen molar-refractivity contribution in [3.63, 3.8) is 0 Å². The molecular weight excluding hydrogens is 278 g/mol. The van der Waals surface area contributed by atoms with Crippen molar-refractivity contribution in [1.29, 1.82) is 0 Å². The van der Waals surface area contributed by atoms with Crippen LogP contribution in [0.25, 0.3) is 11.4 Å². The van der Waals surface area contributed by atoms with Crippen molar-refractivity contribution in [2.75, 3.05) is 5.32 Å². The summed E-state index contributed by atoms with van der Waals surface area (Å²) in [7, 11) is 0. The van der Waals surface area contributed by atoms with E-state index in [4.69, 9.17) is 0 Å². The van der Waals surface area contributed by atoms with Gasteiger partial charge in [-0.1, -0.05) is 26.0 Å². The Balaban J connectivity index is 1.86. The number of carbonyl (C=O) groups is 1. The SMILES string of the molecule is CCc1cc(=O)[nH]c(-c2cccc(NC(=O)C3CC3C)c2)n1. The van der Waals surface area contributed by atoms with E-state index in [2.05, 4.69) is 22.2 Å². The summed E-state index contributed by atoms with van der Waals surface area (Å²) in [5, 5.41) is 2.93. The maximum Gasteiger partial charge on any atom is 0.251 e. The molecule has 1 fully saturated rings. The number of nitrogens with one attached hydrogen (secondary N) is 2. The van der Waals surface area contributed by atoms with Crippen molar-refractivity contribution in [2.45, 2.75) is 26.7 Å². The standard InChI is InChI=1S/C17H19N3O2/c1-3-12-9-15(21)20-16(18-12)11-5-4-6-13(8-11)19-17(22)14-7-10(14)2/h4-6,8-10,14H,3,7H2,1-2H3,(H,19,22)(H,18,20,21). The summed E-state index contributed by atoms with van der Waals surface area (Å²) in [4.78, 5) is 30.9. The number of aryl methyl sites for hydroxylation is 1. The lowest BCUT2D eigenvalue weighted by Gasteiger charge is -2.07. The number of rotatable bonds is 4. The van der Waals surface area contributed by atoms with E-state index >= 15 is 0 Å². The van der Waals surface area contributed by atoms with Gasteiger partial charge in [0.1, 0.15) is 5.82 Å². The number of anilines is 1. The van der Waals surface area contributed by atoms with Crippen molar-refractivity contribution in [1.82, 2.24) is 9.97 Å². The lowest BCUT2D eigenvalue weighted by Crippen LogP contribution is -2.14. The minimum atomic E-state index is -0.164. The molecule has 3 rings (SSSR count). The zero-order valence-corrected chi connectivity index (χ0v) is 12.7. The summed E-state index contributed by atoms with van der Waals surface area (Å²) in [6.45, 7) is 4.03. The molecule has 5 heteroatoms. The summed E-state index contributed by atoms with van der Waals surface area (Å²) in [5.41, 5.74) is 2.10. The Morgan fingerprint density at radius 1 is 1.41 bits per heavy atom. The van der Waals surface area contributed by atoms with Crippen LogP contribution in [0.4, 0.5) is 5.69 Å². The normalized spacial score (nSPS) is 19.7. The molecule has 1 saturated carbocycles. The summed E-state index contributed by atoms with van der Waals surface area (Å²) in [6.07, 6.45) is 1.66.